The third-order valence-corrected chi connectivity index (χ3v) is 4.56. The van der Waals surface area contributed by atoms with Crippen LogP contribution in [0, 0.1) is 5.92 Å². The molecule has 1 N–H and O–H groups in total. The molecule has 0 aliphatic carbocycles. The van der Waals surface area contributed by atoms with E-state index in [-0.39, 0.29) is 0 Å². The lowest BCUT2D eigenvalue weighted by Crippen LogP contribution is -2.21. The van der Waals surface area contributed by atoms with Gasteiger partial charge in [-0.15, -0.1) is 11.3 Å². The highest BCUT2D eigenvalue weighted by molar-refractivity contribution is 7.13. The summed E-state index contributed by atoms with van der Waals surface area (Å²) >= 11 is 1.73. The average Bonchev–Trinajstić information content (AvgIpc) is 3.10. The Hall–Kier alpha value is -1.17. The van der Waals surface area contributed by atoms with Gasteiger partial charge in [-0.2, -0.15) is 5.10 Å². The van der Waals surface area contributed by atoms with Gasteiger partial charge >= 0.3 is 0 Å². The number of rotatable bonds is 4. The first-order chi connectivity index (χ1) is 9.26. The minimum atomic E-state index is 0.307. The van der Waals surface area contributed by atoms with Crippen molar-refractivity contribution in [3.8, 4) is 10.6 Å². The van der Waals surface area contributed by atoms with Gasteiger partial charge in [-0.05, 0) is 30.3 Å². The maximum Gasteiger partial charge on any atom is 0.107 e. The minimum Gasteiger partial charge on any atom is -0.396 e. The molecule has 1 aliphatic heterocycles. The monoisotopic (exact) mass is 277 g/mol. The molecule has 1 fully saturated rings. The van der Waals surface area contributed by atoms with Crippen LogP contribution in [0.2, 0.25) is 0 Å². The van der Waals surface area contributed by atoms with E-state index in [0.717, 1.165) is 31.7 Å². The van der Waals surface area contributed by atoms with Crippen molar-refractivity contribution < 1.29 is 5.11 Å². The number of aryl methyl sites for hydroxylation is 1. The molecule has 0 radical (unpaired) electrons. The van der Waals surface area contributed by atoms with Gasteiger partial charge in [0.25, 0.3) is 0 Å². The Morgan fingerprint density at radius 3 is 3.11 bits per heavy atom. The van der Waals surface area contributed by atoms with Crippen molar-refractivity contribution in [2.24, 2.45) is 13.0 Å². The van der Waals surface area contributed by atoms with Gasteiger partial charge < -0.3 is 5.11 Å². The van der Waals surface area contributed by atoms with Crippen molar-refractivity contribution in [3.63, 3.8) is 0 Å². The Bertz CT molecular complexity index is 535. The lowest BCUT2D eigenvalue weighted by molar-refractivity contribution is 0.220. The van der Waals surface area contributed by atoms with Crippen LogP contribution in [0.3, 0.4) is 0 Å². The molecule has 3 rings (SSSR count). The van der Waals surface area contributed by atoms with E-state index in [9.17, 15) is 5.11 Å². The second kappa shape index (κ2) is 5.45. The van der Waals surface area contributed by atoms with Crippen molar-refractivity contribution in [3.05, 3.63) is 29.3 Å². The van der Waals surface area contributed by atoms with E-state index in [0.29, 0.717) is 12.5 Å². The highest BCUT2D eigenvalue weighted by Gasteiger charge is 2.23. The second-order valence-corrected chi connectivity index (χ2v) is 6.17. The Morgan fingerprint density at radius 2 is 2.42 bits per heavy atom. The van der Waals surface area contributed by atoms with Crippen molar-refractivity contribution in [2.75, 3.05) is 19.7 Å². The zero-order chi connectivity index (χ0) is 13.2. The minimum absolute atomic E-state index is 0.307. The van der Waals surface area contributed by atoms with Crippen LogP contribution in [0.4, 0.5) is 0 Å². The summed E-state index contributed by atoms with van der Waals surface area (Å²) in [6.45, 7) is 3.30. The van der Waals surface area contributed by atoms with E-state index < -0.39 is 0 Å². The van der Waals surface area contributed by atoms with Crippen LogP contribution in [-0.4, -0.2) is 39.5 Å². The number of aliphatic hydroxyl groups is 1. The van der Waals surface area contributed by atoms with E-state index in [1.54, 1.807) is 11.3 Å². The van der Waals surface area contributed by atoms with Gasteiger partial charge in [0.2, 0.25) is 0 Å². The Balaban J connectivity index is 1.78. The lowest BCUT2D eigenvalue weighted by Gasteiger charge is -2.15. The summed E-state index contributed by atoms with van der Waals surface area (Å²) in [6, 6.07) is 4.19. The molecule has 5 heteroatoms. The quantitative estimate of drug-likeness (QED) is 0.929. The number of hydrogen-bond donors (Lipinski definition) is 1. The van der Waals surface area contributed by atoms with Crippen LogP contribution in [0.15, 0.2) is 23.7 Å². The third-order valence-electron chi connectivity index (χ3n) is 3.68. The highest BCUT2D eigenvalue weighted by atomic mass is 32.1. The van der Waals surface area contributed by atoms with Gasteiger partial charge in [0.1, 0.15) is 5.69 Å². The van der Waals surface area contributed by atoms with Gasteiger partial charge in [-0.3, -0.25) is 9.58 Å². The van der Waals surface area contributed by atoms with E-state index in [2.05, 4.69) is 33.7 Å². The summed E-state index contributed by atoms with van der Waals surface area (Å²) < 4.78 is 1.89. The maximum atomic E-state index is 9.22. The molecule has 0 bridgehead atoms. The molecule has 0 amide bonds. The molecule has 1 saturated heterocycles. The van der Waals surface area contributed by atoms with Crippen molar-refractivity contribution in [1.29, 1.82) is 0 Å². The molecule has 1 atom stereocenters. The molecule has 2 aromatic rings. The van der Waals surface area contributed by atoms with E-state index >= 15 is 0 Å². The number of hydrogen-bond acceptors (Lipinski definition) is 4. The van der Waals surface area contributed by atoms with E-state index in [1.165, 1.54) is 10.4 Å². The largest absolute Gasteiger partial charge is 0.396 e. The summed E-state index contributed by atoms with van der Waals surface area (Å²) in [5.74, 6) is 0.446. The highest BCUT2D eigenvalue weighted by Crippen LogP contribution is 2.28. The summed E-state index contributed by atoms with van der Waals surface area (Å²) in [4.78, 5) is 3.64. The fraction of sp³-hybridized carbons (Fsp3) is 0.500. The first-order valence-electron chi connectivity index (χ1n) is 6.66. The van der Waals surface area contributed by atoms with Gasteiger partial charge in [0.05, 0.1) is 4.88 Å². The number of aliphatic hydroxyl groups excluding tert-OH is 1. The molecule has 3 heterocycles. The molecule has 19 heavy (non-hydrogen) atoms. The van der Waals surface area contributed by atoms with Crippen molar-refractivity contribution in [1.82, 2.24) is 14.7 Å². The smallest absolute Gasteiger partial charge is 0.107 e. The molecular formula is C14H19N3OS. The number of aromatic nitrogens is 2. The number of nitrogens with zero attached hydrogens (tertiary/aromatic N) is 3. The molecule has 2 aromatic heterocycles. The van der Waals surface area contributed by atoms with Crippen LogP contribution in [0.1, 0.15) is 12.0 Å². The molecule has 0 spiro atoms. The Labute approximate surface area is 117 Å². The predicted molar refractivity (Wildman–Crippen MR) is 77.0 cm³/mol. The molecule has 1 unspecified atom stereocenters. The van der Waals surface area contributed by atoms with Crippen LogP contribution in [0.5, 0.6) is 0 Å². The van der Waals surface area contributed by atoms with Crippen molar-refractivity contribution >= 4 is 11.3 Å². The molecule has 102 valence electrons. The summed E-state index contributed by atoms with van der Waals surface area (Å²) in [7, 11) is 1.97. The Kier molecular flexibility index (Phi) is 3.68. The normalized spacial score (nSPS) is 20.2. The molecule has 0 saturated carbocycles. The first-order valence-corrected chi connectivity index (χ1v) is 7.54. The Morgan fingerprint density at radius 1 is 1.53 bits per heavy atom. The molecule has 1 aliphatic rings. The summed E-state index contributed by atoms with van der Waals surface area (Å²) in [5.41, 5.74) is 2.38. The van der Waals surface area contributed by atoms with Gasteiger partial charge in [0, 0.05) is 38.5 Å². The van der Waals surface area contributed by atoms with Gasteiger partial charge in [-0.25, -0.2) is 0 Å². The van der Waals surface area contributed by atoms with E-state index in [4.69, 9.17) is 0 Å². The number of likely N-dealkylation sites (tertiary alicyclic amines) is 1. The zero-order valence-corrected chi connectivity index (χ0v) is 11.9. The molecule has 4 nitrogen and oxygen atoms in total. The van der Waals surface area contributed by atoms with Crippen LogP contribution in [0.25, 0.3) is 10.6 Å². The fourth-order valence-corrected chi connectivity index (χ4v) is 3.46. The predicted octanol–water partition coefficient (Wildman–Crippen LogP) is 1.96. The SMILES string of the molecule is Cn1cc(CN2CCC(CO)C2)c(-c2cccs2)n1. The van der Waals surface area contributed by atoms with Gasteiger partial charge in [-0.1, -0.05) is 6.07 Å². The summed E-state index contributed by atoms with van der Waals surface area (Å²) in [6.07, 6.45) is 3.21. The van der Waals surface area contributed by atoms with Crippen molar-refractivity contribution in [2.45, 2.75) is 13.0 Å². The van der Waals surface area contributed by atoms with Gasteiger partial charge in [0.15, 0.2) is 0 Å². The van der Waals surface area contributed by atoms with Crippen LogP contribution >= 0.6 is 11.3 Å². The zero-order valence-electron chi connectivity index (χ0n) is 11.1. The second-order valence-electron chi connectivity index (χ2n) is 5.23. The van der Waals surface area contributed by atoms with Crippen LogP contribution in [-0.2, 0) is 13.6 Å². The van der Waals surface area contributed by atoms with E-state index in [1.807, 2.05) is 11.7 Å². The fourth-order valence-electron chi connectivity index (χ4n) is 2.72. The summed E-state index contributed by atoms with van der Waals surface area (Å²) in [5, 5.41) is 15.9. The standard InChI is InChI=1S/C14H19N3OS/c1-16-8-12(9-17-5-4-11(7-17)10-18)14(15-16)13-3-2-6-19-13/h2-3,6,8,11,18H,4-5,7,9-10H2,1H3. The third kappa shape index (κ3) is 2.73. The molecular weight excluding hydrogens is 258 g/mol. The first kappa shape index (κ1) is 12.8. The molecule has 0 aromatic carbocycles. The lowest BCUT2D eigenvalue weighted by atomic mass is 10.1. The maximum absolute atomic E-state index is 9.22. The topological polar surface area (TPSA) is 41.3 Å². The average molecular weight is 277 g/mol. The number of thiophene rings is 1. The van der Waals surface area contributed by atoms with Crippen LogP contribution < -0.4 is 0 Å².